The highest BCUT2D eigenvalue weighted by molar-refractivity contribution is 4.85. The number of rotatable bonds is 2. The molecule has 0 nitrogen and oxygen atoms in total. The van der Waals surface area contributed by atoms with Crippen LogP contribution in [-0.2, 0) is 0 Å². The zero-order valence-corrected chi connectivity index (χ0v) is 4.02. The molecule has 0 fully saturated rings. The molecule has 0 rings (SSSR count). The van der Waals surface area contributed by atoms with E-state index in [0.29, 0.717) is 0 Å². The number of allylic oxidation sites excluding steroid dienone is 3. The SMILES string of the molecule is [2H]C=CCC=CC. The quantitative estimate of drug-likeness (QED) is 0.449. The molecular weight excluding hydrogens is 72.1 g/mol. The first kappa shape index (κ1) is 3.66. The van der Waals surface area contributed by atoms with Gasteiger partial charge < -0.3 is 0 Å². The smallest absolute Gasteiger partial charge is 0.0535 e. The van der Waals surface area contributed by atoms with Gasteiger partial charge in [-0.25, -0.2) is 0 Å². The molecule has 0 aromatic carbocycles. The summed E-state index contributed by atoms with van der Waals surface area (Å²) in [5.74, 6) is 0. The fraction of sp³-hybridized carbons (Fsp3) is 0.333. The largest absolute Gasteiger partial charge is 0.103 e. The Labute approximate surface area is 40.6 Å². The highest BCUT2D eigenvalue weighted by Crippen LogP contribution is 1.78. The van der Waals surface area contributed by atoms with Crippen LogP contribution in [0.2, 0.25) is 0 Å². The summed E-state index contributed by atoms with van der Waals surface area (Å²) in [6.07, 6.45) is 6.66. The summed E-state index contributed by atoms with van der Waals surface area (Å²) in [6.45, 7) is 3.28. The molecule has 34 valence electrons. The molecule has 0 aliphatic carbocycles. The monoisotopic (exact) mass is 83.1 g/mol. The van der Waals surface area contributed by atoms with Gasteiger partial charge >= 0.3 is 0 Å². The van der Waals surface area contributed by atoms with Gasteiger partial charge in [-0.2, -0.15) is 0 Å². The van der Waals surface area contributed by atoms with E-state index < -0.39 is 0 Å². The van der Waals surface area contributed by atoms with Crippen molar-refractivity contribution in [3.8, 4) is 0 Å². The van der Waals surface area contributed by atoms with Gasteiger partial charge in [-0.1, -0.05) is 18.2 Å². The van der Waals surface area contributed by atoms with E-state index in [9.17, 15) is 0 Å². The van der Waals surface area contributed by atoms with Crippen LogP contribution in [-0.4, -0.2) is 0 Å². The Bertz CT molecular complexity index is 62.2. The van der Waals surface area contributed by atoms with Crippen molar-refractivity contribution in [1.82, 2.24) is 0 Å². The Hall–Kier alpha value is -0.520. The van der Waals surface area contributed by atoms with E-state index in [1.54, 1.807) is 6.08 Å². The summed E-state index contributed by atoms with van der Waals surface area (Å²) >= 11 is 0. The van der Waals surface area contributed by atoms with Crippen molar-refractivity contribution in [2.45, 2.75) is 13.3 Å². The average molecular weight is 83.2 g/mol. The Morgan fingerprint density at radius 1 is 2.00 bits per heavy atom. The standard InChI is InChI=1S/C6H10/c1-3-5-6-4-2/h3-4,6H,1,5H2,2H3/i1D. The topological polar surface area (TPSA) is 0 Å². The molecule has 0 saturated carbocycles. The molecule has 0 heterocycles. The minimum Gasteiger partial charge on any atom is -0.103 e. The third kappa shape index (κ3) is 3.48. The van der Waals surface area contributed by atoms with Crippen molar-refractivity contribution in [2.24, 2.45) is 0 Å². The first-order valence-electron chi connectivity index (χ1n) is 2.64. The van der Waals surface area contributed by atoms with Gasteiger partial charge in [-0.15, -0.1) is 6.55 Å². The van der Waals surface area contributed by atoms with Gasteiger partial charge in [0, 0.05) is 0 Å². The number of hydrogen-bond acceptors (Lipinski definition) is 0. The van der Waals surface area contributed by atoms with E-state index in [0.717, 1.165) is 6.42 Å². The van der Waals surface area contributed by atoms with E-state index in [2.05, 4.69) is 0 Å². The van der Waals surface area contributed by atoms with Crippen molar-refractivity contribution in [1.29, 1.82) is 0 Å². The summed E-state index contributed by atoms with van der Waals surface area (Å²) in [6, 6.07) is 0. The van der Waals surface area contributed by atoms with Gasteiger partial charge in [0.2, 0.25) is 0 Å². The lowest BCUT2D eigenvalue weighted by Gasteiger charge is -1.69. The van der Waals surface area contributed by atoms with Crippen LogP contribution >= 0.6 is 0 Å². The Kier molecular flexibility index (Phi) is 2.73. The van der Waals surface area contributed by atoms with Crippen LogP contribution in [0.4, 0.5) is 0 Å². The first-order chi connectivity index (χ1) is 3.41. The molecular formula is C6H10. The third-order valence-electron chi connectivity index (χ3n) is 0.508. The fourth-order valence-electron chi connectivity index (χ4n) is 0.215. The van der Waals surface area contributed by atoms with Crippen LogP contribution in [0.15, 0.2) is 24.8 Å². The van der Waals surface area contributed by atoms with Crippen molar-refractivity contribution < 1.29 is 1.37 Å². The van der Waals surface area contributed by atoms with Crippen LogP contribution in [0.3, 0.4) is 0 Å². The lowest BCUT2D eigenvalue weighted by Crippen LogP contribution is -1.48. The first-order valence-corrected chi connectivity index (χ1v) is 2.06. The summed E-state index contributed by atoms with van der Waals surface area (Å²) in [7, 11) is 0. The molecule has 0 saturated heterocycles. The maximum atomic E-state index is 6.57. The summed E-state index contributed by atoms with van der Waals surface area (Å²) in [5, 5.41) is 0. The lowest BCUT2D eigenvalue weighted by atomic mass is 10.4. The summed E-state index contributed by atoms with van der Waals surface area (Å²) in [4.78, 5) is 0. The predicted molar refractivity (Wildman–Crippen MR) is 29.6 cm³/mol. The van der Waals surface area contributed by atoms with Crippen LogP contribution in [0.25, 0.3) is 0 Å². The van der Waals surface area contributed by atoms with Crippen molar-refractivity contribution in [3.63, 3.8) is 0 Å². The van der Waals surface area contributed by atoms with Gasteiger partial charge in [0.1, 0.15) is 0 Å². The second-order valence-electron chi connectivity index (χ2n) is 1.04. The molecule has 0 bridgehead atoms. The minimum absolute atomic E-state index is 0.889. The molecule has 0 radical (unpaired) electrons. The van der Waals surface area contributed by atoms with Crippen LogP contribution in [0, 0.1) is 0 Å². The van der Waals surface area contributed by atoms with Gasteiger partial charge in [-0.3, -0.25) is 0 Å². The minimum atomic E-state index is 0.889. The molecule has 0 aromatic heterocycles. The molecule has 0 amide bonds. The van der Waals surface area contributed by atoms with E-state index in [1.165, 1.54) is 6.55 Å². The summed E-state index contributed by atoms with van der Waals surface area (Å²) < 4.78 is 6.57. The molecule has 0 N–H and O–H groups in total. The highest BCUT2D eigenvalue weighted by Gasteiger charge is 1.57. The van der Waals surface area contributed by atoms with Gasteiger partial charge in [0.05, 0.1) is 1.37 Å². The van der Waals surface area contributed by atoms with Crippen LogP contribution in [0.1, 0.15) is 14.7 Å². The Balaban J connectivity index is 2.98. The zero-order valence-electron chi connectivity index (χ0n) is 5.02. The lowest BCUT2D eigenvalue weighted by molar-refractivity contribution is 1.39. The van der Waals surface area contributed by atoms with Crippen molar-refractivity contribution in [3.05, 3.63) is 24.8 Å². The zero-order chi connectivity index (χ0) is 5.54. The molecule has 0 aliphatic rings. The van der Waals surface area contributed by atoms with E-state index in [4.69, 9.17) is 1.37 Å². The van der Waals surface area contributed by atoms with Crippen LogP contribution in [0.5, 0.6) is 0 Å². The van der Waals surface area contributed by atoms with Crippen LogP contribution < -0.4 is 0 Å². The average Bonchev–Trinajstić information content (AvgIpc) is 1.69. The maximum Gasteiger partial charge on any atom is 0.0535 e. The van der Waals surface area contributed by atoms with Gasteiger partial charge in [0.25, 0.3) is 0 Å². The van der Waals surface area contributed by atoms with Gasteiger partial charge in [0.15, 0.2) is 0 Å². The number of hydrogen-bond donors (Lipinski definition) is 0. The van der Waals surface area contributed by atoms with Crippen molar-refractivity contribution >= 4 is 0 Å². The normalized spacial score (nSPS) is 13.8. The predicted octanol–water partition coefficient (Wildman–Crippen LogP) is 2.14. The molecule has 0 aliphatic heterocycles. The fourth-order valence-corrected chi connectivity index (χ4v) is 0.215. The van der Waals surface area contributed by atoms with E-state index in [1.807, 2.05) is 19.1 Å². The van der Waals surface area contributed by atoms with Crippen molar-refractivity contribution in [2.75, 3.05) is 0 Å². The molecule has 6 heavy (non-hydrogen) atoms. The second kappa shape index (κ2) is 4.48. The molecule has 0 unspecified atom stereocenters. The Morgan fingerprint density at radius 3 is 3.33 bits per heavy atom. The Morgan fingerprint density at radius 2 is 2.83 bits per heavy atom. The second-order valence-corrected chi connectivity index (χ2v) is 1.04. The third-order valence-corrected chi connectivity index (χ3v) is 0.508. The van der Waals surface area contributed by atoms with E-state index >= 15 is 0 Å². The molecule has 0 spiro atoms. The highest BCUT2D eigenvalue weighted by atomic mass is 13.6. The summed E-state index contributed by atoms with van der Waals surface area (Å²) in [5.41, 5.74) is 0. The van der Waals surface area contributed by atoms with E-state index in [-0.39, 0.29) is 0 Å². The molecule has 0 aromatic rings. The maximum absolute atomic E-state index is 6.57. The molecule has 0 atom stereocenters. The van der Waals surface area contributed by atoms with Gasteiger partial charge in [-0.05, 0) is 13.3 Å². The molecule has 0 heteroatoms.